The smallest absolute Gasteiger partial charge is 0.185 e. The van der Waals surface area contributed by atoms with Gasteiger partial charge in [0.05, 0.1) is 0 Å². The lowest BCUT2D eigenvalue weighted by atomic mass is 9.81. The molecule has 1 aliphatic carbocycles. The molecular weight excluding hydrogens is 376 g/mol. The number of carbonyl (C=O) groups excluding carboxylic acids is 1. The van der Waals surface area contributed by atoms with Gasteiger partial charge in [-0.05, 0) is 66.3 Å². The maximum atomic E-state index is 13.0. The van der Waals surface area contributed by atoms with Gasteiger partial charge in [0, 0.05) is 11.1 Å². The third kappa shape index (κ3) is 5.59. The van der Waals surface area contributed by atoms with E-state index in [4.69, 9.17) is 20.0 Å². The molecule has 150 valence electrons. The SMILES string of the molecule is CC1C/C(=C/c2ccc(OCC#N)cc2)C(=O)/C(=C/c2ccc(OCC#N)cc2)C1. The Bertz CT molecular complexity index is 952. The summed E-state index contributed by atoms with van der Waals surface area (Å²) in [6.45, 7) is 2.16. The second kappa shape index (κ2) is 10.1. The van der Waals surface area contributed by atoms with Crippen LogP contribution in [0.2, 0.25) is 0 Å². The molecule has 0 saturated heterocycles. The quantitative estimate of drug-likeness (QED) is 0.643. The summed E-state index contributed by atoms with van der Waals surface area (Å²) in [5.74, 6) is 1.70. The monoisotopic (exact) mass is 398 g/mol. The number of ketones is 1. The number of carbonyl (C=O) groups is 1. The van der Waals surface area contributed by atoms with E-state index in [1.54, 1.807) is 24.3 Å². The van der Waals surface area contributed by atoms with Crippen molar-refractivity contribution >= 4 is 17.9 Å². The first-order valence-corrected chi connectivity index (χ1v) is 9.74. The number of Topliss-reactive ketones (excluding diaryl/α,β-unsaturated/α-hetero) is 1. The average Bonchev–Trinajstić information content (AvgIpc) is 2.76. The summed E-state index contributed by atoms with van der Waals surface area (Å²) in [5.41, 5.74) is 3.43. The van der Waals surface area contributed by atoms with Crippen LogP contribution in [0, 0.1) is 28.6 Å². The van der Waals surface area contributed by atoms with E-state index in [1.807, 2.05) is 48.6 Å². The third-order valence-corrected chi connectivity index (χ3v) is 4.77. The van der Waals surface area contributed by atoms with E-state index in [2.05, 4.69) is 6.92 Å². The molecule has 0 amide bonds. The van der Waals surface area contributed by atoms with E-state index < -0.39 is 0 Å². The highest BCUT2D eigenvalue weighted by Crippen LogP contribution is 2.32. The van der Waals surface area contributed by atoms with Gasteiger partial charge in [0.15, 0.2) is 19.0 Å². The maximum absolute atomic E-state index is 13.0. The molecule has 0 N–H and O–H groups in total. The number of nitrogens with zero attached hydrogens (tertiary/aromatic N) is 2. The second-order valence-corrected chi connectivity index (χ2v) is 7.21. The maximum Gasteiger partial charge on any atom is 0.185 e. The van der Waals surface area contributed by atoms with Crippen molar-refractivity contribution in [3.8, 4) is 23.6 Å². The zero-order valence-corrected chi connectivity index (χ0v) is 16.8. The van der Waals surface area contributed by atoms with Crippen molar-refractivity contribution in [2.75, 3.05) is 13.2 Å². The van der Waals surface area contributed by atoms with Crippen molar-refractivity contribution in [2.45, 2.75) is 19.8 Å². The van der Waals surface area contributed by atoms with E-state index in [1.165, 1.54) is 0 Å². The van der Waals surface area contributed by atoms with Crippen LogP contribution in [0.15, 0.2) is 59.7 Å². The van der Waals surface area contributed by atoms with Crippen LogP contribution in [0.3, 0.4) is 0 Å². The minimum absolute atomic E-state index is 0.00994. The summed E-state index contributed by atoms with van der Waals surface area (Å²) in [6.07, 6.45) is 5.34. The summed E-state index contributed by atoms with van der Waals surface area (Å²) in [6, 6.07) is 18.6. The fourth-order valence-corrected chi connectivity index (χ4v) is 3.42. The van der Waals surface area contributed by atoms with Crippen molar-refractivity contribution < 1.29 is 14.3 Å². The van der Waals surface area contributed by atoms with Gasteiger partial charge in [-0.2, -0.15) is 10.5 Å². The molecule has 0 bridgehead atoms. The fourth-order valence-electron chi connectivity index (χ4n) is 3.42. The number of ether oxygens (including phenoxy) is 2. The Hall–Kier alpha value is -3.83. The molecule has 5 nitrogen and oxygen atoms in total. The first-order valence-electron chi connectivity index (χ1n) is 9.74. The van der Waals surface area contributed by atoms with Crippen LogP contribution < -0.4 is 9.47 Å². The molecule has 2 aromatic carbocycles. The minimum Gasteiger partial charge on any atom is -0.479 e. The van der Waals surface area contributed by atoms with Gasteiger partial charge in [-0.25, -0.2) is 0 Å². The zero-order valence-electron chi connectivity index (χ0n) is 16.8. The topological polar surface area (TPSA) is 83.1 Å². The number of hydrogen-bond donors (Lipinski definition) is 0. The summed E-state index contributed by atoms with van der Waals surface area (Å²) in [4.78, 5) is 13.0. The van der Waals surface area contributed by atoms with E-state index in [9.17, 15) is 4.79 Å². The first kappa shape index (κ1) is 20.9. The Labute approximate surface area is 176 Å². The summed E-state index contributed by atoms with van der Waals surface area (Å²) in [5, 5.41) is 17.2. The highest BCUT2D eigenvalue weighted by molar-refractivity contribution is 6.14. The number of hydrogen-bond acceptors (Lipinski definition) is 5. The molecular formula is C25H22N2O3. The van der Waals surface area contributed by atoms with Gasteiger partial charge in [0.1, 0.15) is 23.6 Å². The number of rotatable bonds is 6. The van der Waals surface area contributed by atoms with Crippen LogP contribution in [0.5, 0.6) is 11.5 Å². The van der Waals surface area contributed by atoms with Gasteiger partial charge in [-0.3, -0.25) is 4.79 Å². The van der Waals surface area contributed by atoms with Gasteiger partial charge in [-0.15, -0.1) is 0 Å². The van der Waals surface area contributed by atoms with Crippen LogP contribution in [-0.2, 0) is 4.79 Å². The van der Waals surface area contributed by atoms with Crippen molar-refractivity contribution in [3.05, 3.63) is 70.8 Å². The zero-order chi connectivity index (χ0) is 21.3. The normalized spacial score (nSPS) is 18.6. The Kier molecular flexibility index (Phi) is 7.03. The molecule has 1 saturated carbocycles. The Morgan fingerprint density at radius 2 is 1.23 bits per heavy atom. The van der Waals surface area contributed by atoms with Crippen molar-refractivity contribution in [1.82, 2.24) is 0 Å². The van der Waals surface area contributed by atoms with Gasteiger partial charge < -0.3 is 9.47 Å². The van der Waals surface area contributed by atoms with Gasteiger partial charge in [0.2, 0.25) is 0 Å². The van der Waals surface area contributed by atoms with Crippen LogP contribution in [0.25, 0.3) is 12.2 Å². The van der Waals surface area contributed by atoms with Crippen LogP contribution in [0.4, 0.5) is 0 Å². The standard InChI is InChI=1S/C25H22N2O3/c1-18-14-21(16-19-2-6-23(7-3-19)29-12-10-26)25(28)22(15-18)17-20-4-8-24(9-5-20)30-13-11-27/h2-9,16-18H,12-15H2,1H3/b21-16-,22-17+. The molecule has 30 heavy (non-hydrogen) atoms. The van der Waals surface area contributed by atoms with Crippen molar-refractivity contribution in [2.24, 2.45) is 5.92 Å². The Morgan fingerprint density at radius 3 is 1.60 bits per heavy atom. The second-order valence-electron chi connectivity index (χ2n) is 7.21. The van der Waals surface area contributed by atoms with Crippen molar-refractivity contribution in [3.63, 3.8) is 0 Å². The van der Waals surface area contributed by atoms with E-state index in [0.29, 0.717) is 17.4 Å². The number of allylic oxidation sites excluding steroid dienone is 2. The van der Waals surface area contributed by atoms with E-state index in [0.717, 1.165) is 35.1 Å². The van der Waals surface area contributed by atoms with Crippen LogP contribution in [-0.4, -0.2) is 19.0 Å². The highest BCUT2D eigenvalue weighted by Gasteiger charge is 2.25. The van der Waals surface area contributed by atoms with E-state index in [-0.39, 0.29) is 19.0 Å². The van der Waals surface area contributed by atoms with E-state index >= 15 is 0 Å². The van der Waals surface area contributed by atoms with Gasteiger partial charge >= 0.3 is 0 Å². The highest BCUT2D eigenvalue weighted by atomic mass is 16.5. The molecule has 3 rings (SSSR count). The lowest BCUT2D eigenvalue weighted by Crippen LogP contribution is -2.18. The molecule has 0 spiro atoms. The molecule has 1 fully saturated rings. The third-order valence-electron chi connectivity index (χ3n) is 4.77. The molecule has 1 unspecified atom stereocenters. The molecule has 0 aliphatic heterocycles. The van der Waals surface area contributed by atoms with Crippen LogP contribution in [0.1, 0.15) is 30.9 Å². The minimum atomic E-state index is 0.00994. The molecule has 0 aromatic heterocycles. The molecule has 5 heteroatoms. The number of nitriles is 2. The average molecular weight is 398 g/mol. The number of benzene rings is 2. The molecule has 2 aromatic rings. The summed E-state index contributed by atoms with van der Waals surface area (Å²) in [7, 11) is 0. The largest absolute Gasteiger partial charge is 0.479 e. The van der Waals surface area contributed by atoms with Gasteiger partial charge in [0.25, 0.3) is 0 Å². The van der Waals surface area contributed by atoms with Crippen molar-refractivity contribution in [1.29, 1.82) is 10.5 Å². The summed E-state index contributed by atoms with van der Waals surface area (Å²) < 4.78 is 10.5. The molecule has 0 radical (unpaired) electrons. The summed E-state index contributed by atoms with van der Waals surface area (Å²) >= 11 is 0. The fraction of sp³-hybridized carbons (Fsp3) is 0.240. The lowest BCUT2D eigenvalue weighted by Gasteiger charge is -2.22. The molecule has 1 atom stereocenters. The van der Waals surface area contributed by atoms with Gasteiger partial charge in [-0.1, -0.05) is 31.2 Å². The predicted molar refractivity (Wildman–Crippen MR) is 114 cm³/mol. The Morgan fingerprint density at radius 1 is 0.833 bits per heavy atom. The first-order chi connectivity index (χ1) is 14.6. The van der Waals surface area contributed by atoms with Crippen LogP contribution >= 0.6 is 0 Å². The Balaban J connectivity index is 1.77. The molecule has 1 aliphatic rings. The predicted octanol–water partition coefficient (Wildman–Crippen LogP) is 4.96. The lowest BCUT2D eigenvalue weighted by molar-refractivity contribution is -0.113. The molecule has 0 heterocycles.